The smallest absolute Gasteiger partial charge is 0.336 e. The largest absolute Gasteiger partial charge is 0.489 e. The zero-order valence-electron chi connectivity index (χ0n) is 13.7. The van der Waals surface area contributed by atoms with Crippen LogP contribution in [-0.2, 0) is 11.4 Å². The van der Waals surface area contributed by atoms with E-state index in [0.717, 1.165) is 16.9 Å². The molecule has 0 atom stereocenters. The Labute approximate surface area is 147 Å². The molecule has 0 aromatic heterocycles. The van der Waals surface area contributed by atoms with Crippen LogP contribution in [0.15, 0.2) is 91.0 Å². The molecule has 0 aliphatic rings. The van der Waals surface area contributed by atoms with Crippen molar-refractivity contribution in [3.8, 4) is 11.5 Å². The predicted octanol–water partition coefficient (Wildman–Crippen LogP) is 4.88. The average molecular weight is 330 g/mol. The van der Waals surface area contributed by atoms with E-state index >= 15 is 0 Å². The predicted molar refractivity (Wildman–Crippen MR) is 98.3 cm³/mol. The number of hydrogen-bond acceptors (Lipinski definition) is 3. The van der Waals surface area contributed by atoms with Crippen molar-refractivity contribution in [1.82, 2.24) is 0 Å². The van der Waals surface area contributed by atoms with Crippen molar-refractivity contribution in [3.63, 3.8) is 0 Å². The second kappa shape index (κ2) is 8.50. The van der Waals surface area contributed by atoms with Gasteiger partial charge in [-0.3, -0.25) is 0 Å². The van der Waals surface area contributed by atoms with Crippen molar-refractivity contribution < 1.29 is 14.3 Å². The van der Waals surface area contributed by atoms with Crippen LogP contribution in [0.5, 0.6) is 11.5 Å². The number of rotatable bonds is 6. The molecule has 25 heavy (non-hydrogen) atoms. The number of esters is 1. The van der Waals surface area contributed by atoms with Crippen molar-refractivity contribution in [2.24, 2.45) is 0 Å². The number of benzene rings is 3. The molecule has 0 heterocycles. The van der Waals surface area contributed by atoms with Crippen LogP contribution in [0.3, 0.4) is 0 Å². The van der Waals surface area contributed by atoms with Gasteiger partial charge in [0, 0.05) is 6.08 Å². The molecule has 0 unspecified atom stereocenters. The molecule has 0 bridgehead atoms. The summed E-state index contributed by atoms with van der Waals surface area (Å²) in [7, 11) is 0. The molecule has 3 aromatic carbocycles. The maximum absolute atomic E-state index is 11.8. The fourth-order valence-corrected chi connectivity index (χ4v) is 2.22. The lowest BCUT2D eigenvalue weighted by Gasteiger charge is -2.06. The number of carbonyl (C=O) groups is 1. The third kappa shape index (κ3) is 5.36. The molecule has 0 aliphatic heterocycles. The zero-order chi connectivity index (χ0) is 17.3. The number of para-hydroxylation sites is 1. The van der Waals surface area contributed by atoms with Crippen molar-refractivity contribution >= 4 is 12.0 Å². The first kappa shape index (κ1) is 16.5. The van der Waals surface area contributed by atoms with Gasteiger partial charge in [0.15, 0.2) is 0 Å². The Hall–Kier alpha value is -3.33. The van der Waals surface area contributed by atoms with Gasteiger partial charge in [0.25, 0.3) is 0 Å². The van der Waals surface area contributed by atoms with Gasteiger partial charge in [-0.2, -0.15) is 0 Å². The Morgan fingerprint density at radius 2 is 1.40 bits per heavy atom. The first-order valence-corrected chi connectivity index (χ1v) is 8.01. The maximum Gasteiger partial charge on any atom is 0.336 e. The molecule has 0 saturated heterocycles. The molecule has 0 N–H and O–H groups in total. The van der Waals surface area contributed by atoms with Crippen molar-refractivity contribution in [3.05, 3.63) is 102 Å². The molecule has 3 rings (SSSR count). The molecule has 3 heteroatoms. The summed E-state index contributed by atoms with van der Waals surface area (Å²) in [4.78, 5) is 11.8. The van der Waals surface area contributed by atoms with Crippen LogP contribution in [-0.4, -0.2) is 5.97 Å². The van der Waals surface area contributed by atoms with E-state index in [2.05, 4.69) is 0 Å². The minimum absolute atomic E-state index is 0.407. The molecule has 0 spiro atoms. The number of carbonyl (C=O) groups excluding carboxylic acids is 1. The van der Waals surface area contributed by atoms with Gasteiger partial charge in [0.05, 0.1) is 0 Å². The maximum atomic E-state index is 11.8. The van der Waals surface area contributed by atoms with Crippen LogP contribution in [0.1, 0.15) is 11.1 Å². The summed E-state index contributed by atoms with van der Waals surface area (Å²) in [5.41, 5.74) is 2.02. The molecule has 0 aliphatic carbocycles. The Bertz CT molecular complexity index is 822. The van der Waals surface area contributed by atoms with Crippen LogP contribution in [0.4, 0.5) is 0 Å². The van der Waals surface area contributed by atoms with Crippen LogP contribution in [0.2, 0.25) is 0 Å². The fraction of sp³-hybridized carbons (Fsp3) is 0.0455. The summed E-state index contributed by atoms with van der Waals surface area (Å²) in [5.74, 6) is 0.908. The van der Waals surface area contributed by atoms with E-state index in [0.29, 0.717) is 12.4 Å². The van der Waals surface area contributed by atoms with Crippen molar-refractivity contribution in [2.45, 2.75) is 6.61 Å². The molecule has 3 nitrogen and oxygen atoms in total. The fourth-order valence-electron chi connectivity index (χ4n) is 2.22. The monoisotopic (exact) mass is 330 g/mol. The lowest BCUT2D eigenvalue weighted by atomic mass is 10.2. The summed E-state index contributed by atoms with van der Waals surface area (Å²) >= 11 is 0. The van der Waals surface area contributed by atoms with Gasteiger partial charge in [0.2, 0.25) is 0 Å². The minimum atomic E-state index is -0.407. The van der Waals surface area contributed by atoms with Gasteiger partial charge in [-0.05, 0) is 41.5 Å². The van der Waals surface area contributed by atoms with Gasteiger partial charge in [0.1, 0.15) is 18.1 Å². The van der Waals surface area contributed by atoms with Gasteiger partial charge < -0.3 is 9.47 Å². The van der Waals surface area contributed by atoms with Gasteiger partial charge in [-0.25, -0.2) is 4.79 Å². The Morgan fingerprint density at radius 1 is 0.760 bits per heavy atom. The van der Waals surface area contributed by atoms with Crippen molar-refractivity contribution in [1.29, 1.82) is 0 Å². The van der Waals surface area contributed by atoms with Crippen LogP contribution >= 0.6 is 0 Å². The molecule has 124 valence electrons. The van der Waals surface area contributed by atoms with Crippen LogP contribution in [0.25, 0.3) is 6.08 Å². The highest BCUT2D eigenvalue weighted by molar-refractivity contribution is 5.88. The van der Waals surface area contributed by atoms with E-state index in [9.17, 15) is 4.79 Å². The van der Waals surface area contributed by atoms with E-state index in [-0.39, 0.29) is 0 Å². The van der Waals surface area contributed by atoms with Gasteiger partial charge in [-0.1, -0.05) is 60.7 Å². The lowest BCUT2D eigenvalue weighted by Crippen LogP contribution is -2.03. The average Bonchev–Trinajstić information content (AvgIpc) is 2.67. The molecular formula is C22H18O3. The summed E-state index contributed by atoms with van der Waals surface area (Å²) in [5, 5.41) is 0. The highest BCUT2D eigenvalue weighted by Crippen LogP contribution is 2.15. The first-order chi connectivity index (χ1) is 12.3. The highest BCUT2D eigenvalue weighted by atomic mass is 16.5. The normalized spacial score (nSPS) is 10.6. The van der Waals surface area contributed by atoms with Gasteiger partial charge >= 0.3 is 5.97 Å². The number of hydrogen-bond donors (Lipinski definition) is 0. The Kier molecular flexibility index (Phi) is 5.62. The Morgan fingerprint density at radius 3 is 2.08 bits per heavy atom. The Balaban J connectivity index is 1.52. The topological polar surface area (TPSA) is 35.5 Å². The van der Waals surface area contributed by atoms with E-state index in [4.69, 9.17) is 9.47 Å². The second-order valence-corrected chi connectivity index (χ2v) is 5.41. The van der Waals surface area contributed by atoms with E-state index in [1.54, 1.807) is 18.2 Å². The summed E-state index contributed by atoms with van der Waals surface area (Å²) in [6.45, 7) is 0.527. The summed E-state index contributed by atoms with van der Waals surface area (Å²) < 4.78 is 10.9. The van der Waals surface area contributed by atoms with Crippen LogP contribution in [0, 0.1) is 0 Å². The second-order valence-electron chi connectivity index (χ2n) is 5.41. The third-order valence-corrected chi connectivity index (χ3v) is 3.50. The van der Waals surface area contributed by atoms with Crippen LogP contribution < -0.4 is 9.47 Å². The molecular weight excluding hydrogens is 312 g/mol. The van der Waals surface area contributed by atoms with E-state index in [1.165, 1.54) is 6.08 Å². The van der Waals surface area contributed by atoms with Gasteiger partial charge in [-0.15, -0.1) is 0 Å². The molecule has 0 radical (unpaired) electrons. The molecule has 0 fully saturated rings. The molecule has 3 aromatic rings. The summed E-state index contributed by atoms with van der Waals surface area (Å²) in [6, 6.07) is 26.5. The standard InChI is InChI=1S/C22H18O3/c23-22(25-21-9-5-2-6-10-21)16-13-18-11-14-20(15-12-18)24-17-19-7-3-1-4-8-19/h1-16H,17H2/b16-13+. The molecule has 0 saturated carbocycles. The zero-order valence-corrected chi connectivity index (χ0v) is 13.7. The highest BCUT2D eigenvalue weighted by Gasteiger charge is 2.00. The summed E-state index contributed by atoms with van der Waals surface area (Å²) in [6.07, 6.45) is 3.12. The van der Waals surface area contributed by atoms with E-state index in [1.807, 2.05) is 72.8 Å². The SMILES string of the molecule is O=C(/C=C/c1ccc(OCc2ccccc2)cc1)Oc1ccccc1. The number of ether oxygens (including phenoxy) is 2. The minimum Gasteiger partial charge on any atom is -0.489 e. The lowest BCUT2D eigenvalue weighted by molar-refractivity contribution is -0.128. The van der Waals surface area contributed by atoms with E-state index < -0.39 is 5.97 Å². The van der Waals surface area contributed by atoms with Crippen molar-refractivity contribution in [2.75, 3.05) is 0 Å². The molecule has 0 amide bonds. The third-order valence-electron chi connectivity index (χ3n) is 3.50. The first-order valence-electron chi connectivity index (χ1n) is 8.01. The quantitative estimate of drug-likeness (QED) is 0.367.